The number of rotatable bonds is 7. The Morgan fingerprint density at radius 3 is 2.48 bits per heavy atom. The molecule has 4 rings (SSSR count). The van der Waals surface area contributed by atoms with E-state index in [1.165, 1.54) is 0 Å². The summed E-state index contributed by atoms with van der Waals surface area (Å²) in [5.41, 5.74) is 0.207. The van der Waals surface area contributed by atoms with Crippen molar-refractivity contribution < 1.29 is 9.53 Å². The van der Waals surface area contributed by atoms with Crippen LogP contribution in [0.25, 0.3) is 0 Å². The third kappa shape index (κ3) is 3.12. The first-order valence-electron chi connectivity index (χ1n) is 7.05. The van der Waals surface area contributed by atoms with Gasteiger partial charge in [-0.05, 0) is 43.5 Å². The molecule has 2 N–H and O–H groups in total. The highest BCUT2D eigenvalue weighted by Gasteiger charge is 2.68. The van der Waals surface area contributed by atoms with Crippen molar-refractivity contribution in [2.24, 2.45) is 0 Å². The highest BCUT2D eigenvalue weighted by Crippen LogP contribution is 2.60. The number of alkyl halides is 1. The van der Waals surface area contributed by atoms with Crippen LogP contribution in [0.5, 0.6) is 5.75 Å². The van der Waals surface area contributed by atoms with E-state index in [1.54, 1.807) is 24.3 Å². The largest absolute Gasteiger partial charge is 0.484 e. The highest BCUT2D eigenvalue weighted by molar-refractivity contribution is 6.30. The van der Waals surface area contributed by atoms with Crippen molar-refractivity contribution in [1.82, 2.24) is 10.6 Å². The predicted octanol–water partition coefficient (Wildman–Crippen LogP) is 2.34. The standard InChI is InChI=1S/C15H18Cl2N2O2/c16-5-6-18-14-8-15(9-14,10-14)19-13(20)7-21-12-3-1-11(17)2-4-12/h1-4,18H,5-10H2,(H,19,20). The summed E-state index contributed by atoms with van der Waals surface area (Å²) in [6.07, 6.45) is 2.97. The first kappa shape index (κ1) is 14.9. The first-order chi connectivity index (χ1) is 10.0. The molecule has 3 aliphatic carbocycles. The van der Waals surface area contributed by atoms with Crippen molar-refractivity contribution >= 4 is 29.1 Å². The molecule has 1 aromatic carbocycles. The van der Waals surface area contributed by atoms with Crippen LogP contribution in [0.3, 0.4) is 0 Å². The van der Waals surface area contributed by atoms with E-state index in [1.807, 2.05) is 0 Å². The van der Waals surface area contributed by atoms with E-state index >= 15 is 0 Å². The van der Waals surface area contributed by atoms with Crippen molar-refractivity contribution in [2.45, 2.75) is 30.3 Å². The fraction of sp³-hybridized carbons (Fsp3) is 0.533. The van der Waals surface area contributed by atoms with E-state index in [-0.39, 0.29) is 23.6 Å². The second kappa shape index (κ2) is 5.67. The topological polar surface area (TPSA) is 50.4 Å². The molecule has 4 nitrogen and oxygen atoms in total. The van der Waals surface area contributed by atoms with Gasteiger partial charge in [0.05, 0.1) is 0 Å². The molecule has 21 heavy (non-hydrogen) atoms. The number of hydrogen-bond donors (Lipinski definition) is 2. The van der Waals surface area contributed by atoms with E-state index in [2.05, 4.69) is 10.6 Å². The van der Waals surface area contributed by atoms with Crippen LogP contribution in [0.2, 0.25) is 5.02 Å². The lowest BCUT2D eigenvalue weighted by Crippen LogP contribution is -2.83. The zero-order valence-corrected chi connectivity index (χ0v) is 13.1. The van der Waals surface area contributed by atoms with E-state index in [0.29, 0.717) is 16.7 Å². The van der Waals surface area contributed by atoms with Gasteiger partial charge in [-0.25, -0.2) is 0 Å². The lowest BCUT2D eigenvalue weighted by molar-refractivity contribution is -0.143. The minimum atomic E-state index is -0.0735. The minimum absolute atomic E-state index is 0.0141. The summed E-state index contributed by atoms with van der Waals surface area (Å²) in [5, 5.41) is 7.17. The third-order valence-corrected chi connectivity index (χ3v) is 4.65. The molecule has 6 heteroatoms. The average molecular weight is 329 g/mol. The fourth-order valence-corrected chi connectivity index (χ4v) is 3.65. The van der Waals surface area contributed by atoms with Crippen LogP contribution in [0.4, 0.5) is 0 Å². The van der Waals surface area contributed by atoms with Crippen LogP contribution in [0, 0.1) is 0 Å². The maximum atomic E-state index is 11.9. The molecule has 0 spiro atoms. The summed E-state index contributed by atoms with van der Waals surface area (Å²) >= 11 is 11.5. The average Bonchev–Trinajstić information content (AvgIpc) is 2.39. The Labute approximate surface area is 134 Å². The second-order valence-corrected chi connectivity index (χ2v) is 6.81. The number of halogens is 2. The Kier molecular flexibility index (Phi) is 4.04. The van der Waals surface area contributed by atoms with E-state index in [0.717, 1.165) is 25.8 Å². The summed E-state index contributed by atoms with van der Waals surface area (Å²) in [4.78, 5) is 11.9. The quantitative estimate of drug-likeness (QED) is 0.755. The number of carbonyl (C=O) groups excluding carboxylic acids is 1. The number of nitrogens with one attached hydrogen (secondary N) is 2. The molecule has 0 aliphatic heterocycles. The Morgan fingerprint density at radius 2 is 1.86 bits per heavy atom. The van der Waals surface area contributed by atoms with Crippen LogP contribution >= 0.6 is 23.2 Å². The predicted molar refractivity (Wildman–Crippen MR) is 83.1 cm³/mol. The zero-order chi connectivity index (χ0) is 14.9. The maximum absolute atomic E-state index is 11.9. The summed E-state index contributed by atoms with van der Waals surface area (Å²) in [7, 11) is 0. The van der Waals surface area contributed by atoms with Gasteiger partial charge < -0.3 is 15.4 Å². The van der Waals surface area contributed by atoms with E-state index in [9.17, 15) is 4.79 Å². The molecule has 114 valence electrons. The molecule has 0 atom stereocenters. The number of hydrogen-bond acceptors (Lipinski definition) is 3. The molecule has 0 heterocycles. The number of ether oxygens (including phenoxy) is 1. The number of carbonyl (C=O) groups is 1. The summed E-state index contributed by atoms with van der Waals surface area (Å²) in [5.74, 6) is 1.19. The first-order valence-corrected chi connectivity index (χ1v) is 7.97. The van der Waals surface area contributed by atoms with Gasteiger partial charge in [0.25, 0.3) is 5.91 Å². The van der Waals surface area contributed by atoms with Gasteiger partial charge in [0.2, 0.25) is 0 Å². The van der Waals surface area contributed by atoms with Gasteiger partial charge in [-0.15, -0.1) is 11.6 Å². The lowest BCUT2D eigenvalue weighted by Gasteiger charge is -2.70. The molecule has 1 aromatic rings. The molecule has 0 unspecified atom stereocenters. The fourth-order valence-electron chi connectivity index (χ4n) is 3.43. The SMILES string of the molecule is O=C(COc1ccc(Cl)cc1)NC12CC(NCCCl)(C1)C2. The smallest absolute Gasteiger partial charge is 0.258 e. The van der Waals surface area contributed by atoms with Gasteiger partial charge in [-0.3, -0.25) is 4.79 Å². The zero-order valence-electron chi connectivity index (χ0n) is 11.6. The van der Waals surface area contributed by atoms with E-state index in [4.69, 9.17) is 27.9 Å². The maximum Gasteiger partial charge on any atom is 0.258 e. The van der Waals surface area contributed by atoms with Gasteiger partial charge in [-0.2, -0.15) is 0 Å². The Balaban J connectivity index is 1.40. The minimum Gasteiger partial charge on any atom is -0.484 e. The van der Waals surface area contributed by atoms with Gasteiger partial charge in [0.1, 0.15) is 5.75 Å². The Bertz CT molecular complexity index is 513. The second-order valence-electron chi connectivity index (χ2n) is 6.00. The summed E-state index contributed by atoms with van der Waals surface area (Å²) in [6.45, 7) is 0.858. The molecule has 3 aliphatic rings. The van der Waals surface area contributed by atoms with Crippen LogP contribution in [0.1, 0.15) is 19.3 Å². The van der Waals surface area contributed by atoms with Crippen LogP contribution in [0.15, 0.2) is 24.3 Å². The molecule has 0 saturated heterocycles. The summed E-state index contributed by atoms with van der Waals surface area (Å²) < 4.78 is 5.44. The molecular formula is C15H18Cl2N2O2. The molecular weight excluding hydrogens is 311 g/mol. The normalized spacial score (nSPS) is 29.2. The van der Waals surface area contributed by atoms with Crippen molar-refractivity contribution in [3.8, 4) is 5.75 Å². The molecule has 2 bridgehead atoms. The molecule has 3 fully saturated rings. The molecule has 3 saturated carbocycles. The van der Waals surface area contributed by atoms with Crippen molar-refractivity contribution in [1.29, 1.82) is 0 Å². The monoisotopic (exact) mass is 328 g/mol. The van der Waals surface area contributed by atoms with Gasteiger partial charge >= 0.3 is 0 Å². The van der Waals surface area contributed by atoms with Crippen molar-refractivity contribution in [3.63, 3.8) is 0 Å². The van der Waals surface area contributed by atoms with Gasteiger partial charge in [0.15, 0.2) is 6.61 Å². The van der Waals surface area contributed by atoms with Gasteiger partial charge in [-0.1, -0.05) is 11.6 Å². The Hall–Kier alpha value is -0.970. The third-order valence-electron chi connectivity index (χ3n) is 4.21. The van der Waals surface area contributed by atoms with Crippen LogP contribution < -0.4 is 15.4 Å². The highest BCUT2D eigenvalue weighted by atomic mass is 35.5. The number of benzene rings is 1. The molecule has 1 amide bonds. The van der Waals surface area contributed by atoms with Crippen molar-refractivity contribution in [2.75, 3.05) is 19.0 Å². The lowest BCUT2D eigenvalue weighted by atomic mass is 9.44. The molecule has 0 aromatic heterocycles. The van der Waals surface area contributed by atoms with Crippen LogP contribution in [-0.4, -0.2) is 36.0 Å². The summed E-state index contributed by atoms with van der Waals surface area (Å²) in [6, 6.07) is 6.98. The molecule has 0 radical (unpaired) electrons. The van der Waals surface area contributed by atoms with Gasteiger partial charge in [0, 0.05) is 28.5 Å². The van der Waals surface area contributed by atoms with Crippen molar-refractivity contribution in [3.05, 3.63) is 29.3 Å². The Morgan fingerprint density at radius 1 is 1.19 bits per heavy atom. The number of amides is 1. The van der Waals surface area contributed by atoms with E-state index < -0.39 is 0 Å². The van der Waals surface area contributed by atoms with Crippen LogP contribution in [-0.2, 0) is 4.79 Å².